The number of halogens is 1. The summed E-state index contributed by atoms with van der Waals surface area (Å²) in [5, 5.41) is 11.5. The molecule has 2 aromatic carbocycles. The van der Waals surface area contributed by atoms with Crippen LogP contribution >= 0.6 is 23.1 Å². The van der Waals surface area contributed by atoms with Crippen LogP contribution in [-0.4, -0.2) is 21.8 Å². The lowest BCUT2D eigenvalue weighted by atomic mass is 10.2. The second kappa shape index (κ2) is 8.53. The Balaban J connectivity index is 1.44. The number of aromatic nitrogens is 3. The molecule has 8 heteroatoms. The van der Waals surface area contributed by atoms with E-state index in [0.717, 1.165) is 21.8 Å². The molecule has 0 saturated carbocycles. The first-order valence-electron chi connectivity index (χ1n) is 8.62. The van der Waals surface area contributed by atoms with E-state index >= 15 is 0 Å². The van der Waals surface area contributed by atoms with Gasteiger partial charge in [0.05, 0.1) is 17.9 Å². The van der Waals surface area contributed by atoms with Gasteiger partial charge in [0.1, 0.15) is 16.6 Å². The molecule has 4 rings (SSSR count). The van der Waals surface area contributed by atoms with Crippen molar-refractivity contribution in [1.29, 1.82) is 0 Å². The van der Waals surface area contributed by atoms with Crippen molar-refractivity contribution >= 4 is 23.1 Å². The zero-order valence-electron chi connectivity index (χ0n) is 15.0. The summed E-state index contributed by atoms with van der Waals surface area (Å²) >= 11 is 2.95. The van der Waals surface area contributed by atoms with Crippen molar-refractivity contribution in [1.82, 2.24) is 15.2 Å². The van der Waals surface area contributed by atoms with Crippen LogP contribution in [0.5, 0.6) is 5.75 Å². The summed E-state index contributed by atoms with van der Waals surface area (Å²) in [7, 11) is 0. The van der Waals surface area contributed by atoms with E-state index in [1.807, 2.05) is 36.6 Å². The van der Waals surface area contributed by atoms with Crippen molar-refractivity contribution in [3.05, 3.63) is 65.4 Å². The van der Waals surface area contributed by atoms with E-state index in [9.17, 15) is 4.39 Å². The SMILES string of the molecule is CCOc1ccccc1-c1nnc(SCc2csc(-c3ccc(F)cc3)n2)o1. The molecule has 0 radical (unpaired) electrons. The topological polar surface area (TPSA) is 61.0 Å². The highest BCUT2D eigenvalue weighted by Gasteiger charge is 2.14. The highest BCUT2D eigenvalue weighted by Crippen LogP contribution is 2.32. The van der Waals surface area contributed by atoms with Crippen molar-refractivity contribution in [2.45, 2.75) is 17.9 Å². The third-order valence-electron chi connectivity index (χ3n) is 3.81. The highest BCUT2D eigenvalue weighted by molar-refractivity contribution is 7.98. The van der Waals surface area contributed by atoms with Crippen LogP contribution in [-0.2, 0) is 5.75 Å². The number of hydrogen-bond acceptors (Lipinski definition) is 7. The largest absolute Gasteiger partial charge is 0.493 e. The number of rotatable bonds is 7. The zero-order valence-corrected chi connectivity index (χ0v) is 16.6. The molecule has 2 aromatic heterocycles. The van der Waals surface area contributed by atoms with Gasteiger partial charge in [0.25, 0.3) is 11.1 Å². The standard InChI is InChI=1S/C20H16FN3O2S2/c1-2-25-17-6-4-3-5-16(17)18-23-24-20(26-18)28-12-15-11-27-19(22-15)13-7-9-14(21)10-8-13/h3-11H,2,12H2,1H3. The van der Waals surface area contributed by atoms with Crippen LogP contribution in [0.25, 0.3) is 22.0 Å². The van der Waals surface area contributed by atoms with Gasteiger partial charge in [0.2, 0.25) is 0 Å². The van der Waals surface area contributed by atoms with Crippen molar-refractivity contribution in [2.24, 2.45) is 0 Å². The fourth-order valence-corrected chi connectivity index (χ4v) is 4.12. The molecule has 0 unspecified atom stereocenters. The third kappa shape index (κ3) is 4.23. The molecule has 0 aliphatic rings. The molecule has 5 nitrogen and oxygen atoms in total. The summed E-state index contributed by atoms with van der Waals surface area (Å²) in [6.45, 7) is 2.49. The van der Waals surface area contributed by atoms with Crippen molar-refractivity contribution in [3.63, 3.8) is 0 Å². The third-order valence-corrected chi connectivity index (χ3v) is 5.60. The van der Waals surface area contributed by atoms with Gasteiger partial charge in [-0.2, -0.15) is 0 Å². The van der Waals surface area contributed by atoms with Gasteiger partial charge >= 0.3 is 0 Å². The second-order valence-corrected chi connectivity index (χ2v) is 7.53. The summed E-state index contributed by atoms with van der Waals surface area (Å²) in [5.74, 6) is 1.49. The molecule has 0 fully saturated rings. The molecule has 0 atom stereocenters. The van der Waals surface area contributed by atoms with E-state index in [1.165, 1.54) is 35.2 Å². The van der Waals surface area contributed by atoms with Gasteiger partial charge in [-0.05, 0) is 43.3 Å². The number of thioether (sulfide) groups is 1. The fraction of sp³-hybridized carbons (Fsp3) is 0.150. The average Bonchev–Trinajstić information content (AvgIpc) is 3.37. The number of para-hydroxylation sites is 1. The Hall–Kier alpha value is -2.71. The Morgan fingerprint density at radius 2 is 1.93 bits per heavy atom. The first kappa shape index (κ1) is 18.6. The molecule has 0 aliphatic carbocycles. The first-order valence-corrected chi connectivity index (χ1v) is 10.5. The Morgan fingerprint density at radius 3 is 2.75 bits per heavy atom. The maximum absolute atomic E-state index is 13.1. The molecule has 0 N–H and O–H groups in total. The maximum Gasteiger partial charge on any atom is 0.277 e. The number of nitrogens with zero attached hydrogens (tertiary/aromatic N) is 3. The summed E-state index contributed by atoms with van der Waals surface area (Å²) in [6.07, 6.45) is 0. The molecule has 28 heavy (non-hydrogen) atoms. The molecular formula is C20H16FN3O2S2. The summed E-state index contributed by atoms with van der Waals surface area (Å²) in [4.78, 5) is 4.59. The zero-order chi connectivity index (χ0) is 19.3. The molecular weight excluding hydrogens is 397 g/mol. The van der Waals surface area contributed by atoms with Gasteiger partial charge in [0, 0.05) is 16.7 Å². The Morgan fingerprint density at radius 1 is 1.11 bits per heavy atom. The van der Waals surface area contributed by atoms with Crippen LogP contribution in [0.1, 0.15) is 12.6 Å². The number of thiazole rings is 1. The van der Waals surface area contributed by atoms with E-state index in [-0.39, 0.29) is 5.82 Å². The minimum Gasteiger partial charge on any atom is -0.493 e. The van der Waals surface area contributed by atoms with Crippen molar-refractivity contribution in [3.8, 4) is 27.8 Å². The van der Waals surface area contributed by atoms with E-state index in [0.29, 0.717) is 29.2 Å². The molecule has 0 bridgehead atoms. The Kier molecular flexibility index (Phi) is 5.68. The number of ether oxygens (including phenoxy) is 1. The number of benzene rings is 2. The highest BCUT2D eigenvalue weighted by atomic mass is 32.2. The fourth-order valence-electron chi connectivity index (χ4n) is 2.54. The van der Waals surface area contributed by atoms with E-state index in [2.05, 4.69) is 15.2 Å². The van der Waals surface area contributed by atoms with Gasteiger partial charge in [-0.15, -0.1) is 21.5 Å². The Bertz CT molecular complexity index is 1060. The summed E-state index contributed by atoms with van der Waals surface area (Å²) in [5.41, 5.74) is 2.58. The molecule has 0 aliphatic heterocycles. The predicted octanol–water partition coefficient (Wildman–Crippen LogP) is 5.69. The van der Waals surface area contributed by atoms with Crippen LogP contribution in [0.3, 0.4) is 0 Å². The quantitative estimate of drug-likeness (QED) is 0.363. The first-order chi connectivity index (χ1) is 13.7. The molecule has 142 valence electrons. The maximum atomic E-state index is 13.1. The van der Waals surface area contributed by atoms with Gasteiger partial charge in [0.15, 0.2) is 0 Å². The smallest absolute Gasteiger partial charge is 0.277 e. The van der Waals surface area contributed by atoms with Crippen molar-refractivity contribution in [2.75, 3.05) is 6.61 Å². The lowest BCUT2D eigenvalue weighted by Crippen LogP contribution is -1.93. The van der Waals surface area contributed by atoms with Gasteiger partial charge in [-0.1, -0.05) is 23.9 Å². The van der Waals surface area contributed by atoms with Crippen LogP contribution < -0.4 is 4.74 Å². The van der Waals surface area contributed by atoms with E-state index in [4.69, 9.17) is 9.15 Å². The van der Waals surface area contributed by atoms with Crippen LogP contribution in [0, 0.1) is 5.82 Å². The number of hydrogen-bond donors (Lipinski definition) is 0. The molecule has 4 aromatic rings. The minimum atomic E-state index is -0.255. The summed E-state index contributed by atoms with van der Waals surface area (Å²) in [6, 6.07) is 13.9. The van der Waals surface area contributed by atoms with Gasteiger partial charge in [-0.25, -0.2) is 9.37 Å². The summed E-state index contributed by atoms with van der Waals surface area (Å²) < 4.78 is 24.5. The van der Waals surface area contributed by atoms with Gasteiger partial charge in [-0.3, -0.25) is 0 Å². The molecule has 2 heterocycles. The van der Waals surface area contributed by atoms with Crippen LogP contribution in [0.2, 0.25) is 0 Å². The van der Waals surface area contributed by atoms with Crippen LogP contribution in [0.4, 0.5) is 4.39 Å². The monoisotopic (exact) mass is 413 g/mol. The average molecular weight is 413 g/mol. The molecule has 0 saturated heterocycles. The van der Waals surface area contributed by atoms with Crippen LogP contribution in [0.15, 0.2) is 63.6 Å². The van der Waals surface area contributed by atoms with E-state index in [1.54, 1.807) is 12.1 Å². The second-order valence-electron chi connectivity index (χ2n) is 5.74. The van der Waals surface area contributed by atoms with Crippen molar-refractivity contribution < 1.29 is 13.5 Å². The lowest BCUT2D eigenvalue weighted by molar-refractivity contribution is 0.340. The minimum absolute atomic E-state index is 0.255. The molecule has 0 spiro atoms. The lowest BCUT2D eigenvalue weighted by Gasteiger charge is -2.05. The Labute approximate surface area is 169 Å². The van der Waals surface area contributed by atoms with Gasteiger partial charge < -0.3 is 9.15 Å². The normalized spacial score (nSPS) is 10.9. The molecule has 0 amide bonds. The predicted molar refractivity (Wildman–Crippen MR) is 108 cm³/mol. The van der Waals surface area contributed by atoms with E-state index < -0.39 is 0 Å².